The molecule has 28 heavy (non-hydrogen) atoms. The van der Waals surface area contributed by atoms with Gasteiger partial charge in [-0.3, -0.25) is 0 Å². The van der Waals surface area contributed by atoms with Crippen molar-refractivity contribution in [3.8, 4) is 0 Å². The van der Waals surface area contributed by atoms with Crippen LogP contribution in [0.2, 0.25) is 0 Å². The van der Waals surface area contributed by atoms with Gasteiger partial charge in [-0.25, -0.2) is 0 Å². The molecule has 0 saturated heterocycles. The second-order valence-corrected chi connectivity index (χ2v) is 7.02. The summed E-state index contributed by atoms with van der Waals surface area (Å²) in [5.41, 5.74) is 1.40. The number of unbranched alkanes of at least 4 members (excludes halogenated alkanes) is 2. The SMILES string of the molecule is C=C(C/C=C\C(=C/C)OC)C1CCC(CCCC)CC1.CC.CC.CCCC. The standard InChI is InChI=1S/C19H32O.C4H10.2C2H6/c1-5-7-10-17-12-14-18(15-13-17)16(3)9-8-11-19(6-2)20-4;1-3-4-2;2*1-2/h6,8,11,17-18H,3,5,7,9-10,12-15H2,1-2,4H3;3-4H2,1-2H3;2*1-2H3/b11-8-,19-6+;;;. The van der Waals surface area contributed by atoms with Crippen molar-refractivity contribution in [1.29, 1.82) is 0 Å². The van der Waals surface area contributed by atoms with Crippen molar-refractivity contribution >= 4 is 0 Å². The Labute approximate surface area is 179 Å². The van der Waals surface area contributed by atoms with Gasteiger partial charge in [0.25, 0.3) is 0 Å². The highest BCUT2D eigenvalue weighted by Gasteiger charge is 2.21. The predicted molar refractivity (Wildman–Crippen MR) is 132 cm³/mol. The lowest BCUT2D eigenvalue weighted by atomic mass is 9.76. The molecule has 0 bridgehead atoms. The minimum absolute atomic E-state index is 0.745. The van der Waals surface area contributed by atoms with Gasteiger partial charge in [0.1, 0.15) is 5.76 Å². The number of hydrogen-bond donors (Lipinski definition) is 0. The maximum atomic E-state index is 5.22. The molecular weight excluding hydrogens is 340 g/mol. The molecule has 0 amide bonds. The summed E-state index contributed by atoms with van der Waals surface area (Å²) in [6, 6.07) is 0. The summed E-state index contributed by atoms with van der Waals surface area (Å²) in [7, 11) is 1.71. The van der Waals surface area contributed by atoms with Crippen LogP contribution in [0.5, 0.6) is 0 Å². The summed E-state index contributed by atoms with van der Waals surface area (Å²) in [6.45, 7) is 20.9. The fraction of sp³-hybridized carbons (Fsp3) is 0.778. The number of hydrogen-bond acceptors (Lipinski definition) is 1. The molecule has 0 aliphatic heterocycles. The minimum atomic E-state index is 0.745. The Morgan fingerprint density at radius 3 is 1.86 bits per heavy atom. The molecule has 168 valence electrons. The molecule has 1 saturated carbocycles. The van der Waals surface area contributed by atoms with Crippen LogP contribution in [0.25, 0.3) is 0 Å². The van der Waals surface area contributed by atoms with Crippen LogP contribution in [0.1, 0.15) is 120 Å². The van der Waals surface area contributed by atoms with Gasteiger partial charge in [-0.15, -0.1) is 0 Å². The summed E-state index contributed by atoms with van der Waals surface area (Å²) in [6.07, 6.45) is 19.5. The number of allylic oxidation sites excluding steroid dienone is 4. The van der Waals surface area contributed by atoms with Crippen molar-refractivity contribution in [2.45, 2.75) is 120 Å². The second kappa shape index (κ2) is 26.0. The molecule has 0 aromatic heterocycles. The average molecular weight is 395 g/mol. The summed E-state index contributed by atoms with van der Waals surface area (Å²) < 4.78 is 5.22. The number of rotatable bonds is 9. The zero-order valence-electron chi connectivity index (χ0n) is 21.1. The Morgan fingerprint density at radius 1 is 0.929 bits per heavy atom. The van der Waals surface area contributed by atoms with Gasteiger partial charge in [-0.2, -0.15) is 0 Å². The summed E-state index contributed by atoms with van der Waals surface area (Å²) >= 11 is 0. The molecule has 1 heteroatoms. The van der Waals surface area contributed by atoms with E-state index in [0.717, 1.165) is 24.0 Å². The van der Waals surface area contributed by atoms with Gasteiger partial charge in [0, 0.05) is 0 Å². The van der Waals surface area contributed by atoms with E-state index in [4.69, 9.17) is 4.74 Å². The van der Waals surface area contributed by atoms with Crippen LogP contribution in [0, 0.1) is 11.8 Å². The van der Waals surface area contributed by atoms with E-state index in [9.17, 15) is 0 Å². The Morgan fingerprint density at radius 2 is 1.46 bits per heavy atom. The Kier molecular flexibility index (Phi) is 29.5. The summed E-state index contributed by atoms with van der Waals surface area (Å²) in [4.78, 5) is 0. The van der Waals surface area contributed by atoms with Gasteiger partial charge in [-0.05, 0) is 63.0 Å². The van der Waals surface area contributed by atoms with E-state index in [0.29, 0.717) is 0 Å². The molecule has 0 spiro atoms. The third-order valence-corrected chi connectivity index (χ3v) is 5.07. The maximum Gasteiger partial charge on any atom is 0.114 e. The topological polar surface area (TPSA) is 9.23 Å². The van der Waals surface area contributed by atoms with E-state index < -0.39 is 0 Å². The zero-order chi connectivity index (χ0) is 22.2. The molecule has 0 aromatic carbocycles. The first kappa shape index (κ1) is 31.7. The molecule has 1 fully saturated rings. The largest absolute Gasteiger partial charge is 0.497 e. The van der Waals surface area contributed by atoms with Crippen LogP contribution in [0.3, 0.4) is 0 Å². The van der Waals surface area contributed by atoms with Gasteiger partial charge in [0.15, 0.2) is 0 Å². The third kappa shape index (κ3) is 18.4. The monoisotopic (exact) mass is 394 g/mol. The van der Waals surface area contributed by atoms with Crippen LogP contribution in [-0.4, -0.2) is 7.11 Å². The zero-order valence-corrected chi connectivity index (χ0v) is 21.1. The van der Waals surface area contributed by atoms with Gasteiger partial charge in [-0.1, -0.05) is 98.8 Å². The van der Waals surface area contributed by atoms with E-state index in [1.165, 1.54) is 63.4 Å². The van der Waals surface area contributed by atoms with Crippen molar-refractivity contribution in [3.63, 3.8) is 0 Å². The van der Waals surface area contributed by atoms with E-state index in [2.05, 4.69) is 39.5 Å². The van der Waals surface area contributed by atoms with Crippen LogP contribution in [0.4, 0.5) is 0 Å². The summed E-state index contributed by atoms with van der Waals surface area (Å²) in [5, 5.41) is 0. The molecule has 0 radical (unpaired) electrons. The smallest absolute Gasteiger partial charge is 0.114 e. The molecule has 1 aliphatic carbocycles. The van der Waals surface area contributed by atoms with Gasteiger partial charge in [0.05, 0.1) is 7.11 Å². The molecule has 1 nitrogen and oxygen atoms in total. The Balaban J connectivity index is -0.000000675. The lowest BCUT2D eigenvalue weighted by Gasteiger charge is -2.29. The summed E-state index contributed by atoms with van der Waals surface area (Å²) in [5.74, 6) is 2.66. The molecule has 0 heterocycles. The van der Waals surface area contributed by atoms with Crippen molar-refractivity contribution in [2.24, 2.45) is 11.8 Å². The van der Waals surface area contributed by atoms with Gasteiger partial charge < -0.3 is 4.74 Å². The van der Waals surface area contributed by atoms with Crippen LogP contribution >= 0.6 is 0 Å². The van der Waals surface area contributed by atoms with E-state index in [1.54, 1.807) is 7.11 Å². The van der Waals surface area contributed by atoms with Gasteiger partial charge >= 0.3 is 0 Å². The lowest BCUT2D eigenvalue weighted by molar-refractivity contribution is 0.281. The normalized spacial score (nSPS) is 18.7. The molecule has 1 aliphatic rings. The van der Waals surface area contributed by atoms with E-state index in [1.807, 2.05) is 40.7 Å². The predicted octanol–water partition coefficient (Wildman–Crippen LogP) is 9.89. The minimum Gasteiger partial charge on any atom is -0.497 e. The van der Waals surface area contributed by atoms with Crippen LogP contribution < -0.4 is 0 Å². The van der Waals surface area contributed by atoms with E-state index in [-0.39, 0.29) is 0 Å². The van der Waals surface area contributed by atoms with Gasteiger partial charge in [0.2, 0.25) is 0 Å². The second-order valence-electron chi connectivity index (χ2n) is 7.02. The van der Waals surface area contributed by atoms with Crippen molar-refractivity contribution in [1.82, 2.24) is 0 Å². The molecule has 0 N–H and O–H groups in total. The quantitative estimate of drug-likeness (QED) is 0.215. The highest BCUT2D eigenvalue weighted by molar-refractivity contribution is 5.15. The molecule has 1 rings (SSSR count). The van der Waals surface area contributed by atoms with Crippen molar-refractivity contribution in [2.75, 3.05) is 7.11 Å². The van der Waals surface area contributed by atoms with Crippen LogP contribution in [0.15, 0.2) is 36.1 Å². The molecule has 0 unspecified atom stereocenters. The lowest BCUT2D eigenvalue weighted by Crippen LogP contribution is -2.15. The first-order valence-corrected chi connectivity index (χ1v) is 12.2. The van der Waals surface area contributed by atoms with Crippen LogP contribution in [-0.2, 0) is 4.74 Å². The highest BCUT2D eigenvalue weighted by atomic mass is 16.5. The average Bonchev–Trinajstić information content (AvgIpc) is 2.78. The first-order chi connectivity index (χ1) is 13.6. The maximum absolute atomic E-state index is 5.22. The third-order valence-electron chi connectivity index (χ3n) is 5.07. The van der Waals surface area contributed by atoms with Crippen molar-refractivity contribution < 1.29 is 4.74 Å². The van der Waals surface area contributed by atoms with Crippen molar-refractivity contribution in [3.05, 3.63) is 36.1 Å². The molecule has 0 atom stereocenters. The fourth-order valence-electron chi connectivity index (χ4n) is 3.13. The number of ether oxygens (including phenoxy) is 1. The van der Waals surface area contributed by atoms with E-state index >= 15 is 0 Å². The number of methoxy groups -OCH3 is 1. The first-order valence-electron chi connectivity index (χ1n) is 12.2. The molecular formula is C27H54O. The molecule has 0 aromatic rings. The fourth-order valence-corrected chi connectivity index (χ4v) is 3.13. The highest BCUT2D eigenvalue weighted by Crippen LogP contribution is 2.36. The Bertz CT molecular complexity index is 354. The Hall–Kier alpha value is -0.980.